The molecule has 0 saturated carbocycles. The van der Waals surface area contributed by atoms with E-state index in [1.54, 1.807) is 35.4 Å². The molecule has 0 aliphatic carbocycles. The van der Waals surface area contributed by atoms with Crippen LogP contribution in [0.2, 0.25) is 0 Å². The van der Waals surface area contributed by atoms with Gasteiger partial charge >= 0.3 is 0 Å². The van der Waals surface area contributed by atoms with E-state index < -0.39 is 5.79 Å². The van der Waals surface area contributed by atoms with E-state index in [9.17, 15) is 9.59 Å². The van der Waals surface area contributed by atoms with Crippen LogP contribution < -0.4 is 5.32 Å². The average Bonchev–Trinajstić information content (AvgIpc) is 3.16. The summed E-state index contributed by atoms with van der Waals surface area (Å²) in [5, 5.41) is 3.05. The van der Waals surface area contributed by atoms with Crippen LogP contribution in [0.25, 0.3) is 0 Å². The number of nitrogens with one attached hydrogen (secondary N) is 1. The van der Waals surface area contributed by atoms with Gasteiger partial charge in [0.25, 0.3) is 5.91 Å². The van der Waals surface area contributed by atoms with Crippen LogP contribution in [0.5, 0.6) is 0 Å². The van der Waals surface area contributed by atoms with Crippen molar-refractivity contribution in [3.8, 4) is 0 Å². The maximum Gasteiger partial charge on any atom is 0.272 e. The van der Waals surface area contributed by atoms with Gasteiger partial charge in [0.15, 0.2) is 11.6 Å². The summed E-state index contributed by atoms with van der Waals surface area (Å²) in [6.07, 6.45) is 2.87. The number of Topliss-reactive ketones (excluding diaryl/α,β-unsaturated/α-hetero) is 1. The molecule has 2 fully saturated rings. The molecule has 28 heavy (non-hydrogen) atoms. The Bertz CT molecular complexity index is 885. The molecular weight excluding hydrogens is 360 g/mol. The molecule has 1 aromatic heterocycles. The van der Waals surface area contributed by atoms with E-state index in [0.717, 1.165) is 0 Å². The van der Waals surface area contributed by atoms with Gasteiger partial charge in [-0.15, -0.1) is 0 Å². The number of aromatic nitrogens is 2. The van der Waals surface area contributed by atoms with Gasteiger partial charge in [-0.3, -0.25) is 9.59 Å². The van der Waals surface area contributed by atoms with Crippen molar-refractivity contribution >= 4 is 23.3 Å². The number of anilines is 2. The fourth-order valence-corrected chi connectivity index (χ4v) is 3.48. The lowest BCUT2D eigenvalue weighted by Crippen LogP contribution is -2.47. The number of hydrogen-bond acceptors (Lipinski definition) is 7. The predicted octanol–water partition coefficient (Wildman–Crippen LogP) is 2.40. The van der Waals surface area contributed by atoms with Gasteiger partial charge < -0.3 is 19.7 Å². The zero-order chi connectivity index (χ0) is 19.6. The number of ether oxygens (including phenoxy) is 2. The molecular formula is C20H22N4O4. The highest BCUT2D eigenvalue weighted by Gasteiger charge is 2.41. The first-order valence-electron chi connectivity index (χ1n) is 9.33. The van der Waals surface area contributed by atoms with Crippen molar-refractivity contribution in [2.45, 2.75) is 25.6 Å². The van der Waals surface area contributed by atoms with Crippen molar-refractivity contribution in [2.75, 3.05) is 31.6 Å². The summed E-state index contributed by atoms with van der Waals surface area (Å²) in [4.78, 5) is 34.7. The molecule has 2 saturated heterocycles. The first-order valence-corrected chi connectivity index (χ1v) is 9.33. The molecule has 0 unspecified atom stereocenters. The Labute approximate surface area is 162 Å². The second-order valence-corrected chi connectivity index (χ2v) is 6.93. The standard InChI is InChI=1S/C20H22N4O4/c1-14(25)15-3-2-4-16(13-15)22-19-21-8-5-17(23-19)18(26)24-9-6-20(7-10-24)27-11-12-28-20/h2-5,8,13H,6-7,9-12H2,1H3,(H,21,22,23). The lowest BCUT2D eigenvalue weighted by atomic mass is 10.0. The monoisotopic (exact) mass is 382 g/mol. The summed E-state index contributed by atoms with van der Waals surface area (Å²) >= 11 is 0. The topological polar surface area (TPSA) is 93.7 Å². The molecule has 0 bridgehead atoms. The lowest BCUT2D eigenvalue weighted by Gasteiger charge is -2.37. The number of nitrogens with zero attached hydrogens (tertiary/aromatic N) is 3. The van der Waals surface area contributed by atoms with Crippen LogP contribution in [0.3, 0.4) is 0 Å². The molecule has 2 aromatic rings. The van der Waals surface area contributed by atoms with Gasteiger partial charge in [-0.25, -0.2) is 9.97 Å². The number of piperidine rings is 1. The van der Waals surface area contributed by atoms with Gasteiger partial charge in [0, 0.05) is 43.4 Å². The van der Waals surface area contributed by atoms with E-state index in [1.807, 2.05) is 6.07 Å². The minimum Gasteiger partial charge on any atom is -0.347 e. The van der Waals surface area contributed by atoms with E-state index in [4.69, 9.17) is 9.47 Å². The third-order valence-corrected chi connectivity index (χ3v) is 5.03. The number of carbonyl (C=O) groups excluding carboxylic acids is 2. The average molecular weight is 382 g/mol. The summed E-state index contributed by atoms with van der Waals surface area (Å²) in [6.45, 7) is 3.86. The molecule has 8 nitrogen and oxygen atoms in total. The Hall–Kier alpha value is -2.84. The van der Waals surface area contributed by atoms with Crippen LogP contribution in [0, 0.1) is 0 Å². The Balaban J connectivity index is 1.44. The number of carbonyl (C=O) groups is 2. The number of rotatable bonds is 4. The highest BCUT2D eigenvalue weighted by Crippen LogP contribution is 2.31. The van der Waals surface area contributed by atoms with E-state index in [2.05, 4.69) is 15.3 Å². The highest BCUT2D eigenvalue weighted by atomic mass is 16.7. The molecule has 1 amide bonds. The number of ketones is 1. The molecule has 8 heteroatoms. The second-order valence-electron chi connectivity index (χ2n) is 6.93. The zero-order valence-electron chi connectivity index (χ0n) is 15.7. The maximum atomic E-state index is 12.8. The van der Waals surface area contributed by atoms with Gasteiger partial charge in [-0.2, -0.15) is 0 Å². The molecule has 2 aliphatic heterocycles. The van der Waals surface area contributed by atoms with Gasteiger partial charge in [-0.05, 0) is 25.1 Å². The molecule has 146 valence electrons. The van der Waals surface area contributed by atoms with Crippen LogP contribution in [0.4, 0.5) is 11.6 Å². The van der Waals surface area contributed by atoms with Gasteiger partial charge in [0.05, 0.1) is 13.2 Å². The molecule has 1 spiro atoms. The quantitative estimate of drug-likeness (QED) is 0.812. The van der Waals surface area contributed by atoms with Crippen LogP contribution in [-0.2, 0) is 9.47 Å². The fourth-order valence-electron chi connectivity index (χ4n) is 3.48. The van der Waals surface area contributed by atoms with Gasteiger partial charge in [0.2, 0.25) is 5.95 Å². The van der Waals surface area contributed by atoms with E-state index >= 15 is 0 Å². The molecule has 0 atom stereocenters. The highest BCUT2D eigenvalue weighted by molar-refractivity contribution is 5.95. The summed E-state index contributed by atoms with van der Waals surface area (Å²) in [5.74, 6) is -0.374. The summed E-state index contributed by atoms with van der Waals surface area (Å²) in [6, 6.07) is 8.67. The van der Waals surface area contributed by atoms with Crippen molar-refractivity contribution in [3.63, 3.8) is 0 Å². The third kappa shape index (κ3) is 3.88. The number of hydrogen-bond donors (Lipinski definition) is 1. The van der Waals surface area contributed by atoms with Crippen LogP contribution >= 0.6 is 0 Å². The van der Waals surface area contributed by atoms with Crippen molar-refractivity contribution in [1.29, 1.82) is 0 Å². The molecule has 1 aromatic carbocycles. The van der Waals surface area contributed by atoms with Gasteiger partial charge in [-0.1, -0.05) is 12.1 Å². The number of amides is 1. The lowest BCUT2D eigenvalue weighted by molar-refractivity contribution is -0.181. The SMILES string of the molecule is CC(=O)c1cccc(Nc2nccc(C(=O)N3CCC4(CC3)OCCO4)n2)c1. The van der Waals surface area contributed by atoms with E-state index in [-0.39, 0.29) is 11.7 Å². The van der Waals surface area contributed by atoms with Crippen LogP contribution in [-0.4, -0.2) is 58.6 Å². The van der Waals surface area contributed by atoms with Crippen molar-refractivity contribution in [1.82, 2.24) is 14.9 Å². The first kappa shape index (κ1) is 18.5. The Kier molecular flexibility index (Phi) is 5.06. The van der Waals surface area contributed by atoms with E-state index in [1.165, 1.54) is 6.92 Å². The Morgan fingerprint density at radius 3 is 2.61 bits per heavy atom. The second kappa shape index (κ2) is 7.65. The Morgan fingerprint density at radius 1 is 1.14 bits per heavy atom. The molecule has 4 rings (SSSR count). The number of likely N-dealkylation sites (tertiary alicyclic amines) is 1. The van der Waals surface area contributed by atoms with E-state index in [0.29, 0.717) is 62.0 Å². The molecule has 3 heterocycles. The molecule has 1 N–H and O–H groups in total. The normalized spacial score (nSPS) is 18.2. The fraction of sp³-hybridized carbons (Fsp3) is 0.400. The third-order valence-electron chi connectivity index (χ3n) is 5.03. The summed E-state index contributed by atoms with van der Waals surface area (Å²) in [7, 11) is 0. The minimum atomic E-state index is -0.517. The minimum absolute atomic E-state index is 0.0217. The zero-order valence-corrected chi connectivity index (χ0v) is 15.7. The van der Waals surface area contributed by atoms with Gasteiger partial charge in [0.1, 0.15) is 5.69 Å². The summed E-state index contributed by atoms with van der Waals surface area (Å²) in [5.41, 5.74) is 1.60. The largest absolute Gasteiger partial charge is 0.347 e. The Morgan fingerprint density at radius 2 is 1.89 bits per heavy atom. The summed E-state index contributed by atoms with van der Waals surface area (Å²) < 4.78 is 11.4. The first-order chi connectivity index (χ1) is 13.5. The predicted molar refractivity (Wildman–Crippen MR) is 102 cm³/mol. The molecule has 0 radical (unpaired) electrons. The smallest absolute Gasteiger partial charge is 0.272 e. The maximum absolute atomic E-state index is 12.8. The van der Waals surface area contributed by atoms with Crippen molar-refractivity contribution in [2.24, 2.45) is 0 Å². The van der Waals surface area contributed by atoms with Crippen LogP contribution in [0.1, 0.15) is 40.6 Å². The number of benzene rings is 1. The molecule has 2 aliphatic rings. The van der Waals surface area contributed by atoms with Crippen molar-refractivity contribution < 1.29 is 19.1 Å². The van der Waals surface area contributed by atoms with Crippen LogP contribution in [0.15, 0.2) is 36.5 Å². The van der Waals surface area contributed by atoms with Crippen molar-refractivity contribution in [3.05, 3.63) is 47.8 Å².